The molecule has 3 nitrogen and oxygen atoms in total. The summed E-state index contributed by atoms with van der Waals surface area (Å²) < 4.78 is 27.0. The van der Waals surface area contributed by atoms with Gasteiger partial charge in [-0.2, -0.15) is 0 Å². The first-order valence-electron chi connectivity index (χ1n) is 7.13. The molecule has 0 saturated heterocycles. The lowest BCUT2D eigenvalue weighted by atomic mass is 9.76. The molecule has 0 radical (unpaired) electrons. The summed E-state index contributed by atoms with van der Waals surface area (Å²) in [5.41, 5.74) is 0.757. The van der Waals surface area contributed by atoms with Crippen LogP contribution in [0.5, 0.6) is 0 Å². The number of sulfonamides is 1. The summed E-state index contributed by atoms with van der Waals surface area (Å²) in [6.07, 6.45) is 5.56. The lowest BCUT2D eigenvalue weighted by molar-refractivity contribution is 0.223. The van der Waals surface area contributed by atoms with Gasteiger partial charge in [-0.3, -0.25) is 0 Å². The van der Waals surface area contributed by atoms with Crippen LogP contribution in [0.15, 0.2) is 30.3 Å². The molecule has 0 unspecified atom stereocenters. The zero-order valence-corrected chi connectivity index (χ0v) is 13.2. The minimum absolute atomic E-state index is 0.0339. The summed E-state index contributed by atoms with van der Waals surface area (Å²) >= 11 is 6.09. The molecule has 5 heteroatoms. The largest absolute Gasteiger partial charge is 0.215 e. The van der Waals surface area contributed by atoms with Crippen molar-refractivity contribution in [1.82, 2.24) is 4.72 Å². The van der Waals surface area contributed by atoms with Crippen molar-refractivity contribution in [2.24, 2.45) is 5.41 Å². The minimum atomic E-state index is -3.29. The van der Waals surface area contributed by atoms with Crippen molar-refractivity contribution < 1.29 is 8.42 Å². The molecule has 0 heterocycles. The van der Waals surface area contributed by atoms with E-state index in [1.807, 2.05) is 30.3 Å². The van der Waals surface area contributed by atoms with E-state index >= 15 is 0 Å². The van der Waals surface area contributed by atoms with E-state index in [0.29, 0.717) is 12.4 Å². The average molecular weight is 316 g/mol. The SMILES string of the molecule is O=S(=O)(Cc1ccccc1)NCC1(CCl)CCCCC1. The van der Waals surface area contributed by atoms with E-state index in [2.05, 4.69) is 4.72 Å². The summed E-state index contributed by atoms with van der Waals surface area (Å²) in [7, 11) is -3.29. The van der Waals surface area contributed by atoms with Crippen molar-refractivity contribution in [1.29, 1.82) is 0 Å². The van der Waals surface area contributed by atoms with Gasteiger partial charge in [-0.1, -0.05) is 49.6 Å². The molecule has 1 fully saturated rings. The van der Waals surface area contributed by atoms with Gasteiger partial charge in [0, 0.05) is 12.4 Å². The van der Waals surface area contributed by atoms with Crippen LogP contribution in [0.3, 0.4) is 0 Å². The maximum absolute atomic E-state index is 12.1. The number of nitrogens with one attached hydrogen (secondary N) is 1. The molecule has 1 aliphatic carbocycles. The Balaban J connectivity index is 1.94. The highest BCUT2D eigenvalue weighted by molar-refractivity contribution is 7.88. The molecule has 1 N–H and O–H groups in total. The highest BCUT2D eigenvalue weighted by Crippen LogP contribution is 2.36. The lowest BCUT2D eigenvalue weighted by Crippen LogP contribution is -2.40. The molecular formula is C15H22ClNO2S. The molecular weight excluding hydrogens is 294 g/mol. The molecule has 0 aromatic heterocycles. The first-order valence-corrected chi connectivity index (χ1v) is 9.31. The van der Waals surface area contributed by atoms with Crippen LogP contribution in [0.2, 0.25) is 0 Å². The maximum atomic E-state index is 12.1. The predicted molar refractivity (Wildman–Crippen MR) is 83.3 cm³/mol. The van der Waals surface area contributed by atoms with Crippen molar-refractivity contribution in [2.45, 2.75) is 37.9 Å². The van der Waals surface area contributed by atoms with Crippen LogP contribution >= 0.6 is 11.6 Å². The summed E-state index contributed by atoms with van der Waals surface area (Å²) in [6.45, 7) is 0.464. The first-order chi connectivity index (χ1) is 9.55. The van der Waals surface area contributed by atoms with Crippen molar-refractivity contribution in [2.75, 3.05) is 12.4 Å². The number of halogens is 1. The van der Waals surface area contributed by atoms with Gasteiger partial charge >= 0.3 is 0 Å². The Labute approximate surface area is 126 Å². The Hall–Kier alpha value is -0.580. The van der Waals surface area contributed by atoms with Crippen LogP contribution in [0, 0.1) is 5.41 Å². The topological polar surface area (TPSA) is 46.2 Å². The smallest absolute Gasteiger partial charge is 0.214 e. The Bertz CT molecular complexity index is 510. The Morgan fingerprint density at radius 2 is 1.75 bits per heavy atom. The summed E-state index contributed by atoms with van der Waals surface area (Å²) in [5.74, 6) is 0.563. The van der Waals surface area contributed by atoms with Crippen LogP contribution < -0.4 is 4.72 Å². The molecule has 2 rings (SSSR count). The van der Waals surface area contributed by atoms with Crippen LogP contribution in [0.4, 0.5) is 0 Å². The fraction of sp³-hybridized carbons (Fsp3) is 0.600. The molecule has 0 amide bonds. The third kappa shape index (κ3) is 4.47. The highest BCUT2D eigenvalue weighted by atomic mass is 35.5. The normalized spacial score (nSPS) is 18.9. The van der Waals surface area contributed by atoms with Crippen molar-refractivity contribution in [3.63, 3.8) is 0 Å². The zero-order valence-electron chi connectivity index (χ0n) is 11.6. The number of rotatable bonds is 6. The van der Waals surface area contributed by atoms with Gasteiger partial charge in [-0.15, -0.1) is 11.6 Å². The molecule has 1 aliphatic rings. The molecule has 0 spiro atoms. The Morgan fingerprint density at radius 3 is 2.35 bits per heavy atom. The lowest BCUT2D eigenvalue weighted by Gasteiger charge is -2.35. The third-order valence-corrected chi connectivity index (χ3v) is 5.93. The van der Waals surface area contributed by atoms with Gasteiger partial charge in [0.25, 0.3) is 0 Å². The second-order valence-corrected chi connectivity index (χ2v) is 7.83. The van der Waals surface area contributed by atoms with Crippen LogP contribution in [-0.2, 0) is 15.8 Å². The van der Waals surface area contributed by atoms with Gasteiger partial charge in [0.1, 0.15) is 0 Å². The molecule has 1 aromatic carbocycles. The molecule has 0 bridgehead atoms. The van der Waals surface area contributed by atoms with Gasteiger partial charge in [0.05, 0.1) is 5.75 Å². The van der Waals surface area contributed by atoms with E-state index < -0.39 is 10.0 Å². The van der Waals surface area contributed by atoms with E-state index in [1.165, 1.54) is 6.42 Å². The maximum Gasteiger partial charge on any atom is 0.215 e. The zero-order chi connectivity index (χ0) is 14.5. The summed E-state index contributed by atoms with van der Waals surface area (Å²) in [6, 6.07) is 9.25. The van der Waals surface area contributed by atoms with E-state index in [9.17, 15) is 8.42 Å². The average Bonchev–Trinajstić information content (AvgIpc) is 2.47. The molecule has 112 valence electrons. The Kier molecular flexibility index (Phi) is 5.47. The molecule has 1 saturated carbocycles. The monoisotopic (exact) mass is 315 g/mol. The fourth-order valence-corrected chi connectivity index (χ4v) is 4.39. The van der Waals surface area contributed by atoms with E-state index in [1.54, 1.807) is 0 Å². The summed E-state index contributed by atoms with van der Waals surface area (Å²) in [4.78, 5) is 0. The quantitative estimate of drug-likeness (QED) is 0.819. The third-order valence-electron chi connectivity index (χ3n) is 4.06. The number of alkyl halides is 1. The standard InChI is InChI=1S/C15H22ClNO2S/c16-12-15(9-5-2-6-10-15)13-17-20(18,19)11-14-7-3-1-4-8-14/h1,3-4,7-8,17H,2,5-6,9-13H2. The Morgan fingerprint density at radius 1 is 1.10 bits per heavy atom. The summed E-state index contributed by atoms with van der Waals surface area (Å²) in [5, 5.41) is 0. The van der Waals surface area contributed by atoms with Gasteiger partial charge in [0.2, 0.25) is 10.0 Å². The fourth-order valence-electron chi connectivity index (χ4n) is 2.77. The number of benzene rings is 1. The van der Waals surface area contributed by atoms with Crippen molar-refractivity contribution in [3.05, 3.63) is 35.9 Å². The minimum Gasteiger partial charge on any atom is -0.214 e. The highest BCUT2D eigenvalue weighted by Gasteiger charge is 2.32. The van der Waals surface area contributed by atoms with E-state index in [4.69, 9.17) is 11.6 Å². The molecule has 1 aromatic rings. The predicted octanol–water partition coefficient (Wildman–Crippen LogP) is 3.30. The van der Waals surface area contributed by atoms with Gasteiger partial charge < -0.3 is 0 Å². The van der Waals surface area contributed by atoms with Crippen LogP contribution in [0.1, 0.15) is 37.7 Å². The molecule has 20 heavy (non-hydrogen) atoms. The molecule has 0 atom stereocenters. The van der Waals surface area contributed by atoms with E-state index in [-0.39, 0.29) is 11.2 Å². The van der Waals surface area contributed by atoms with Crippen molar-refractivity contribution >= 4 is 21.6 Å². The van der Waals surface area contributed by atoms with Crippen LogP contribution in [0.25, 0.3) is 0 Å². The molecule has 0 aliphatic heterocycles. The van der Waals surface area contributed by atoms with Gasteiger partial charge in [0.15, 0.2) is 0 Å². The van der Waals surface area contributed by atoms with Gasteiger partial charge in [-0.25, -0.2) is 13.1 Å². The first kappa shape index (κ1) is 15.8. The second-order valence-electron chi connectivity index (χ2n) is 5.76. The van der Waals surface area contributed by atoms with Crippen LogP contribution in [-0.4, -0.2) is 20.8 Å². The number of hydrogen-bond acceptors (Lipinski definition) is 2. The number of hydrogen-bond donors (Lipinski definition) is 1. The van der Waals surface area contributed by atoms with E-state index in [0.717, 1.165) is 31.2 Å². The van der Waals surface area contributed by atoms with Gasteiger partial charge in [-0.05, 0) is 23.8 Å². The van der Waals surface area contributed by atoms with Crippen molar-refractivity contribution in [3.8, 4) is 0 Å². The second kappa shape index (κ2) is 6.92.